The molecule has 1 rings (SSSR count). The summed E-state index contributed by atoms with van der Waals surface area (Å²) in [7, 11) is 0. The second kappa shape index (κ2) is 3.24. The lowest BCUT2D eigenvalue weighted by atomic mass is 10.00. The summed E-state index contributed by atoms with van der Waals surface area (Å²) in [5, 5.41) is 2.55. The predicted octanol–water partition coefficient (Wildman–Crippen LogP) is 2.23. The molecule has 0 bridgehead atoms. The standard InChI is InChI=1S/C8H12OS/c1-3-8-7(6(2)9)4-5-10-8/h4-5,7-8H,3H2,1-2H3. The highest BCUT2D eigenvalue weighted by atomic mass is 32.2. The molecule has 1 aliphatic heterocycles. The van der Waals surface area contributed by atoms with Crippen LogP contribution in [0, 0.1) is 5.92 Å². The van der Waals surface area contributed by atoms with E-state index in [9.17, 15) is 4.79 Å². The third-order valence-electron chi connectivity index (χ3n) is 1.81. The largest absolute Gasteiger partial charge is 0.299 e. The quantitative estimate of drug-likeness (QED) is 0.610. The molecular weight excluding hydrogens is 144 g/mol. The van der Waals surface area contributed by atoms with Crippen molar-refractivity contribution < 1.29 is 4.79 Å². The summed E-state index contributed by atoms with van der Waals surface area (Å²) >= 11 is 1.78. The molecule has 0 amide bonds. The van der Waals surface area contributed by atoms with Gasteiger partial charge in [0, 0.05) is 11.2 Å². The van der Waals surface area contributed by atoms with Crippen molar-refractivity contribution in [2.45, 2.75) is 25.5 Å². The van der Waals surface area contributed by atoms with E-state index < -0.39 is 0 Å². The van der Waals surface area contributed by atoms with Crippen LogP contribution in [0.15, 0.2) is 11.5 Å². The third kappa shape index (κ3) is 1.43. The Labute approximate surface area is 65.9 Å². The highest BCUT2D eigenvalue weighted by Crippen LogP contribution is 2.32. The van der Waals surface area contributed by atoms with Gasteiger partial charge in [0.15, 0.2) is 0 Å². The van der Waals surface area contributed by atoms with Gasteiger partial charge in [-0.2, -0.15) is 0 Å². The molecule has 2 unspecified atom stereocenters. The van der Waals surface area contributed by atoms with E-state index in [1.807, 2.05) is 11.5 Å². The highest BCUT2D eigenvalue weighted by molar-refractivity contribution is 8.03. The molecule has 1 nitrogen and oxygen atoms in total. The van der Waals surface area contributed by atoms with Gasteiger partial charge in [0.1, 0.15) is 5.78 Å². The number of hydrogen-bond donors (Lipinski definition) is 0. The van der Waals surface area contributed by atoms with Gasteiger partial charge >= 0.3 is 0 Å². The lowest BCUT2D eigenvalue weighted by molar-refractivity contribution is -0.119. The SMILES string of the molecule is CCC1SC=CC1C(C)=O. The molecule has 0 aromatic heterocycles. The second-order valence-corrected chi connectivity index (χ2v) is 3.70. The number of allylic oxidation sites excluding steroid dienone is 1. The van der Waals surface area contributed by atoms with E-state index in [0.29, 0.717) is 11.0 Å². The molecule has 0 fully saturated rings. The Morgan fingerprint density at radius 3 is 2.80 bits per heavy atom. The molecule has 2 heteroatoms. The maximum Gasteiger partial charge on any atom is 0.137 e. The van der Waals surface area contributed by atoms with Crippen LogP contribution in [0.2, 0.25) is 0 Å². The number of carbonyl (C=O) groups is 1. The molecule has 0 saturated carbocycles. The first-order valence-electron chi connectivity index (χ1n) is 3.58. The van der Waals surface area contributed by atoms with Crippen LogP contribution >= 0.6 is 11.8 Å². The molecule has 0 aromatic carbocycles. The van der Waals surface area contributed by atoms with E-state index in [1.165, 1.54) is 0 Å². The Bertz CT molecular complexity index is 163. The molecule has 56 valence electrons. The van der Waals surface area contributed by atoms with Gasteiger partial charge in [-0.3, -0.25) is 4.79 Å². The summed E-state index contributed by atoms with van der Waals surface area (Å²) < 4.78 is 0. The van der Waals surface area contributed by atoms with Gasteiger partial charge in [-0.05, 0) is 18.8 Å². The van der Waals surface area contributed by atoms with E-state index in [4.69, 9.17) is 0 Å². The van der Waals surface area contributed by atoms with Crippen molar-refractivity contribution in [3.05, 3.63) is 11.5 Å². The minimum atomic E-state index is 0.190. The fourth-order valence-electron chi connectivity index (χ4n) is 1.19. The summed E-state index contributed by atoms with van der Waals surface area (Å²) in [5.41, 5.74) is 0. The highest BCUT2D eigenvalue weighted by Gasteiger charge is 2.24. The van der Waals surface area contributed by atoms with Crippen LogP contribution in [0.4, 0.5) is 0 Å². The van der Waals surface area contributed by atoms with Crippen LogP contribution in [0.1, 0.15) is 20.3 Å². The first kappa shape index (κ1) is 7.86. The molecule has 1 heterocycles. The maximum atomic E-state index is 11.0. The van der Waals surface area contributed by atoms with Crippen molar-refractivity contribution in [2.75, 3.05) is 0 Å². The molecule has 2 atom stereocenters. The first-order valence-corrected chi connectivity index (χ1v) is 4.52. The number of thioether (sulfide) groups is 1. The minimum Gasteiger partial charge on any atom is -0.299 e. The van der Waals surface area contributed by atoms with E-state index in [2.05, 4.69) is 6.92 Å². The Morgan fingerprint density at radius 2 is 2.40 bits per heavy atom. The summed E-state index contributed by atoms with van der Waals surface area (Å²) in [5.74, 6) is 0.489. The van der Waals surface area contributed by atoms with E-state index in [-0.39, 0.29) is 5.92 Å². The van der Waals surface area contributed by atoms with Crippen LogP contribution in [0.5, 0.6) is 0 Å². The van der Waals surface area contributed by atoms with E-state index in [0.717, 1.165) is 6.42 Å². The monoisotopic (exact) mass is 156 g/mol. The molecule has 0 radical (unpaired) electrons. The topological polar surface area (TPSA) is 17.1 Å². The fourth-order valence-corrected chi connectivity index (χ4v) is 2.29. The minimum absolute atomic E-state index is 0.190. The zero-order valence-corrected chi connectivity index (χ0v) is 7.15. The Balaban J connectivity index is 2.57. The second-order valence-electron chi connectivity index (χ2n) is 2.55. The van der Waals surface area contributed by atoms with E-state index in [1.54, 1.807) is 18.7 Å². The van der Waals surface area contributed by atoms with Crippen molar-refractivity contribution in [1.82, 2.24) is 0 Å². The Kier molecular flexibility index (Phi) is 2.55. The van der Waals surface area contributed by atoms with Crippen molar-refractivity contribution >= 4 is 17.5 Å². The lowest BCUT2D eigenvalue weighted by Gasteiger charge is -2.12. The average molecular weight is 156 g/mol. The van der Waals surface area contributed by atoms with Gasteiger partial charge in [0.2, 0.25) is 0 Å². The zero-order chi connectivity index (χ0) is 7.56. The van der Waals surface area contributed by atoms with Crippen LogP contribution in [-0.2, 0) is 4.79 Å². The zero-order valence-electron chi connectivity index (χ0n) is 6.33. The Hall–Kier alpha value is -0.240. The summed E-state index contributed by atoms with van der Waals surface area (Å²) in [6.07, 6.45) is 3.10. The summed E-state index contributed by atoms with van der Waals surface area (Å²) in [6, 6.07) is 0. The predicted molar refractivity (Wildman–Crippen MR) is 45.0 cm³/mol. The fraction of sp³-hybridized carbons (Fsp3) is 0.625. The number of Topliss-reactive ketones (excluding diaryl/α,β-unsaturated/α-hetero) is 1. The molecular formula is C8H12OS. The van der Waals surface area contributed by atoms with Gasteiger partial charge in [-0.1, -0.05) is 13.0 Å². The molecule has 0 aliphatic carbocycles. The summed E-state index contributed by atoms with van der Waals surface area (Å²) in [4.78, 5) is 11.0. The van der Waals surface area contributed by atoms with Crippen LogP contribution in [0.3, 0.4) is 0 Å². The first-order chi connectivity index (χ1) is 4.75. The Morgan fingerprint density at radius 1 is 1.70 bits per heavy atom. The molecule has 10 heavy (non-hydrogen) atoms. The number of hydrogen-bond acceptors (Lipinski definition) is 2. The normalized spacial score (nSPS) is 31.0. The van der Waals surface area contributed by atoms with Crippen LogP contribution in [-0.4, -0.2) is 11.0 Å². The van der Waals surface area contributed by atoms with Crippen molar-refractivity contribution in [3.8, 4) is 0 Å². The molecule has 0 aromatic rings. The number of carbonyl (C=O) groups excluding carboxylic acids is 1. The van der Waals surface area contributed by atoms with Gasteiger partial charge in [0.05, 0.1) is 0 Å². The molecule has 0 N–H and O–H groups in total. The van der Waals surface area contributed by atoms with Gasteiger partial charge in [-0.25, -0.2) is 0 Å². The smallest absolute Gasteiger partial charge is 0.137 e. The summed E-state index contributed by atoms with van der Waals surface area (Å²) in [6.45, 7) is 3.80. The van der Waals surface area contributed by atoms with Crippen molar-refractivity contribution in [1.29, 1.82) is 0 Å². The number of ketones is 1. The lowest BCUT2D eigenvalue weighted by Crippen LogP contribution is -2.17. The van der Waals surface area contributed by atoms with Crippen LogP contribution in [0.25, 0.3) is 0 Å². The molecule has 1 aliphatic rings. The van der Waals surface area contributed by atoms with Crippen molar-refractivity contribution in [2.24, 2.45) is 5.92 Å². The van der Waals surface area contributed by atoms with Crippen LogP contribution < -0.4 is 0 Å². The van der Waals surface area contributed by atoms with Gasteiger partial charge in [0.25, 0.3) is 0 Å². The number of rotatable bonds is 2. The third-order valence-corrected chi connectivity index (χ3v) is 3.10. The average Bonchev–Trinajstić information content (AvgIpc) is 2.33. The molecule has 0 saturated heterocycles. The van der Waals surface area contributed by atoms with Gasteiger partial charge in [-0.15, -0.1) is 11.8 Å². The molecule has 0 spiro atoms. The van der Waals surface area contributed by atoms with Crippen molar-refractivity contribution in [3.63, 3.8) is 0 Å². The maximum absolute atomic E-state index is 11.0. The van der Waals surface area contributed by atoms with Gasteiger partial charge < -0.3 is 0 Å². The van der Waals surface area contributed by atoms with E-state index >= 15 is 0 Å².